The molecule has 0 bridgehead atoms. The Hall–Kier alpha value is -3.70. The van der Waals surface area contributed by atoms with Crippen LogP contribution < -0.4 is 5.73 Å². The third-order valence-electron chi connectivity index (χ3n) is 12.1. The van der Waals surface area contributed by atoms with Crippen molar-refractivity contribution in [3.8, 4) is 0 Å². The van der Waals surface area contributed by atoms with E-state index in [0.717, 1.165) is 5.57 Å². The molecule has 2 fully saturated rings. The van der Waals surface area contributed by atoms with Crippen molar-refractivity contribution in [2.75, 3.05) is 7.11 Å². The highest BCUT2D eigenvalue weighted by atomic mass is 16.7. The lowest BCUT2D eigenvalue weighted by atomic mass is 9.77. The van der Waals surface area contributed by atoms with Crippen LogP contribution in [-0.4, -0.2) is 112 Å². The highest BCUT2D eigenvalue weighted by molar-refractivity contribution is 5.87. The average Bonchev–Trinajstić information content (AvgIpc) is 3.17. The van der Waals surface area contributed by atoms with Crippen LogP contribution >= 0.6 is 0 Å². The van der Waals surface area contributed by atoms with Gasteiger partial charge < -0.3 is 54.6 Å². The predicted octanol–water partition coefficient (Wildman–Crippen LogP) is 4.75. The van der Waals surface area contributed by atoms with Crippen molar-refractivity contribution >= 4 is 23.6 Å². The Morgan fingerprint density at radius 3 is 2.35 bits per heavy atom. The number of hydrogen-bond acceptors (Lipinski definition) is 14. The first-order chi connectivity index (χ1) is 28.1. The molecule has 6 N–H and O–H groups in total. The van der Waals surface area contributed by atoms with E-state index in [4.69, 9.17) is 34.2 Å². The lowest BCUT2D eigenvalue weighted by Gasteiger charge is -2.49. The second-order valence-corrected chi connectivity index (χ2v) is 16.9. The van der Waals surface area contributed by atoms with Gasteiger partial charge in [0.1, 0.15) is 24.1 Å². The molecule has 0 radical (unpaired) electrons. The van der Waals surface area contributed by atoms with Crippen molar-refractivity contribution in [1.29, 1.82) is 0 Å². The first kappa shape index (κ1) is 50.7. The van der Waals surface area contributed by atoms with E-state index >= 15 is 0 Å². The number of hydrogen-bond donors (Lipinski definition) is 5. The number of esters is 1. The number of ketones is 2. The number of amides is 1. The van der Waals surface area contributed by atoms with Gasteiger partial charge in [0, 0.05) is 41.9 Å². The van der Waals surface area contributed by atoms with Gasteiger partial charge >= 0.3 is 12.1 Å². The highest BCUT2D eigenvalue weighted by Crippen LogP contribution is 2.42. The third-order valence-corrected chi connectivity index (χ3v) is 12.1. The number of aliphatic hydroxyl groups is 4. The van der Waals surface area contributed by atoms with Crippen LogP contribution in [0.15, 0.2) is 59.4 Å². The summed E-state index contributed by atoms with van der Waals surface area (Å²) in [5.74, 6) is -7.58. The Labute approximate surface area is 354 Å². The molecule has 15 nitrogen and oxygen atoms in total. The fourth-order valence-electron chi connectivity index (χ4n) is 8.40. The molecule has 3 rings (SSSR count). The van der Waals surface area contributed by atoms with Crippen molar-refractivity contribution in [2.24, 2.45) is 41.2 Å². The maximum Gasteiger partial charge on any atom is 0.405 e. The van der Waals surface area contributed by atoms with Crippen molar-refractivity contribution in [1.82, 2.24) is 0 Å². The molecule has 3 heterocycles. The molecule has 1 amide bonds. The molecule has 0 aromatic heterocycles. The zero-order valence-electron chi connectivity index (χ0n) is 37.0. The quantitative estimate of drug-likeness (QED) is 0.148. The summed E-state index contributed by atoms with van der Waals surface area (Å²) in [5, 5.41) is 47.1. The molecule has 0 aliphatic carbocycles. The van der Waals surface area contributed by atoms with Crippen LogP contribution in [-0.2, 0) is 42.8 Å². The van der Waals surface area contributed by atoms with Gasteiger partial charge in [-0.05, 0) is 46.6 Å². The van der Waals surface area contributed by atoms with E-state index in [2.05, 4.69) is 0 Å². The summed E-state index contributed by atoms with van der Waals surface area (Å²) >= 11 is 0. The zero-order chi connectivity index (χ0) is 45.2. The normalized spacial score (nSPS) is 40.2. The molecule has 15 heteroatoms. The van der Waals surface area contributed by atoms with Crippen molar-refractivity contribution in [3.63, 3.8) is 0 Å². The number of nitrogens with two attached hydrogens (primary N) is 1. The number of rotatable bonds is 10. The Morgan fingerprint density at radius 2 is 1.77 bits per heavy atom. The second-order valence-electron chi connectivity index (χ2n) is 16.9. The van der Waals surface area contributed by atoms with Crippen LogP contribution in [0.4, 0.5) is 4.79 Å². The number of carbonyl (C=O) groups is 4. The van der Waals surface area contributed by atoms with Gasteiger partial charge in [-0.25, -0.2) is 9.59 Å². The number of methoxy groups -OCH3 is 1. The topological polar surface area (TPSA) is 231 Å². The number of allylic oxidation sites excluding steroid dienone is 6. The van der Waals surface area contributed by atoms with Gasteiger partial charge in [-0.15, -0.1) is 0 Å². The molecule has 338 valence electrons. The van der Waals surface area contributed by atoms with E-state index < -0.39 is 102 Å². The molecule has 0 saturated carbocycles. The number of cyclic esters (lactones) is 1. The molecule has 2 saturated heterocycles. The maximum absolute atomic E-state index is 13.7. The van der Waals surface area contributed by atoms with Crippen LogP contribution in [0.3, 0.4) is 0 Å². The zero-order valence-corrected chi connectivity index (χ0v) is 37.0. The Balaban J connectivity index is 1.97. The summed E-state index contributed by atoms with van der Waals surface area (Å²) in [4.78, 5) is 51.5. The van der Waals surface area contributed by atoms with E-state index in [0.29, 0.717) is 18.4 Å². The molecular weight excluding hydrogens is 778 g/mol. The Morgan fingerprint density at radius 1 is 1.10 bits per heavy atom. The van der Waals surface area contributed by atoms with Crippen LogP contribution in [0.1, 0.15) is 94.9 Å². The van der Waals surface area contributed by atoms with E-state index in [1.807, 2.05) is 27.7 Å². The highest BCUT2D eigenvalue weighted by Gasteiger charge is 2.52. The first-order valence-electron chi connectivity index (χ1n) is 21.0. The van der Waals surface area contributed by atoms with Crippen LogP contribution in [0.2, 0.25) is 0 Å². The minimum atomic E-state index is -2.04. The summed E-state index contributed by atoms with van der Waals surface area (Å²) in [6.07, 6.45) is 0.950. The van der Waals surface area contributed by atoms with Gasteiger partial charge in [0.25, 0.3) is 0 Å². The van der Waals surface area contributed by atoms with Gasteiger partial charge in [-0.2, -0.15) is 0 Å². The van der Waals surface area contributed by atoms with Gasteiger partial charge in [-0.1, -0.05) is 89.1 Å². The summed E-state index contributed by atoms with van der Waals surface area (Å²) in [6.45, 7) is 17.4. The molecule has 3 aliphatic heterocycles. The van der Waals surface area contributed by atoms with Gasteiger partial charge in [0.05, 0.1) is 37.9 Å². The smallest absolute Gasteiger partial charge is 0.405 e. The maximum atomic E-state index is 13.7. The lowest BCUT2D eigenvalue weighted by molar-refractivity contribution is -0.333. The van der Waals surface area contributed by atoms with E-state index in [-0.39, 0.29) is 36.2 Å². The molecule has 0 spiro atoms. The summed E-state index contributed by atoms with van der Waals surface area (Å²) < 4.78 is 34.8. The summed E-state index contributed by atoms with van der Waals surface area (Å²) in [6, 6.07) is 0. The van der Waals surface area contributed by atoms with Crippen molar-refractivity contribution < 1.29 is 68.0 Å². The largest absolute Gasteiger partial charge is 0.490 e. The van der Waals surface area contributed by atoms with Crippen molar-refractivity contribution in [3.05, 3.63) is 59.4 Å². The third kappa shape index (κ3) is 12.9. The van der Waals surface area contributed by atoms with Crippen LogP contribution in [0.5, 0.6) is 0 Å². The second kappa shape index (κ2) is 22.4. The minimum absolute atomic E-state index is 0.0558. The van der Waals surface area contributed by atoms with E-state index in [1.54, 1.807) is 71.9 Å². The number of primary amides is 1. The van der Waals surface area contributed by atoms with Gasteiger partial charge in [0.15, 0.2) is 24.0 Å². The number of carbonyl (C=O) groups excluding carboxylic acids is 4. The molecule has 16 atom stereocenters. The standard InChI is InChI=1S/C45H69NO14/c1-12-15-34-27(7)36(57-37-21-33(48)42(30(10)56-37)59-44(46)53)22-45(54,60-34)29(9)40(51)28(8)41-32(47)17-14-16-23(3)18-25(5)38(49)31(13-2)39(50)26(6)19-24(4)20-35(55-11)43(52)58-41/h12,14-17,19-20,25-32,34,36-37,39-42,47,50-51,54H,13,18,21-22H2,1-11H3,(H2,46,53)/b15-12+,17-14+,23-16+,24-19+,35-20-/t25-,26-,27-,28+,29+,30+,31?,32+,34-,36-,37-,39-,40-,41-,42+,45-/m1/s1. The fraction of sp³-hybridized carbons (Fsp3) is 0.689. The molecular formula is C45H69NO14. The summed E-state index contributed by atoms with van der Waals surface area (Å²) in [5.41, 5.74) is 6.53. The monoisotopic (exact) mass is 847 g/mol. The molecule has 60 heavy (non-hydrogen) atoms. The van der Waals surface area contributed by atoms with Gasteiger partial charge in [-0.3, -0.25) is 9.59 Å². The number of aliphatic hydroxyl groups excluding tert-OH is 3. The Bertz CT molecular complexity index is 1650. The summed E-state index contributed by atoms with van der Waals surface area (Å²) in [7, 11) is 1.29. The van der Waals surface area contributed by atoms with Crippen LogP contribution in [0.25, 0.3) is 0 Å². The number of Topliss-reactive ketones (excluding diaryl/α,β-unsaturated/α-hetero) is 2. The number of ether oxygens (including phenoxy) is 6. The predicted molar refractivity (Wildman–Crippen MR) is 221 cm³/mol. The van der Waals surface area contributed by atoms with Gasteiger partial charge in [0.2, 0.25) is 5.76 Å². The molecule has 1 unspecified atom stereocenters. The lowest BCUT2D eigenvalue weighted by Crippen LogP contribution is -2.59. The van der Waals surface area contributed by atoms with E-state index in [9.17, 15) is 39.6 Å². The van der Waals surface area contributed by atoms with Crippen LogP contribution in [0, 0.1) is 35.5 Å². The van der Waals surface area contributed by atoms with Crippen molar-refractivity contribution in [2.45, 2.75) is 156 Å². The average molecular weight is 848 g/mol. The molecule has 0 aromatic rings. The Kier molecular flexibility index (Phi) is 18.9. The molecule has 3 aliphatic rings. The minimum Gasteiger partial charge on any atom is -0.490 e. The fourth-order valence-corrected chi connectivity index (χ4v) is 8.40. The molecule has 0 aromatic carbocycles. The SMILES string of the molecule is C/C=C/[C@H]1O[C@@](O)([C@@H](C)[C@H](O)[C@H](C)[C@H]2OC(=O)/C(OC)=C/C(C)=C/[C@@H](C)[C@@H](O)C(CC)C(=O)[C@H](C)C/C(C)=C/C=C/[C@@H]2O)C[C@@H](O[C@@H]2CC(=O)[C@@H](OC(N)=O)[C@H](C)O2)[C@@H]1C. The first-order valence-corrected chi connectivity index (χ1v) is 21.0. The van der Waals surface area contributed by atoms with E-state index in [1.165, 1.54) is 19.3 Å².